The van der Waals surface area contributed by atoms with Crippen LogP contribution in [0.15, 0.2) is 0 Å². The summed E-state index contributed by atoms with van der Waals surface area (Å²) in [6, 6.07) is 0.257. The van der Waals surface area contributed by atoms with E-state index in [-0.39, 0.29) is 23.0 Å². The number of hydrogen-bond donors (Lipinski definition) is 1. The van der Waals surface area contributed by atoms with E-state index in [2.05, 4.69) is 10.2 Å². The van der Waals surface area contributed by atoms with Crippen LogP contribution in [0.2, 0.25) is 4.47 Å². The van der Waals surface area contributed by atoms with Crippen molar-refractivity contribution in [3.05, 3.63) is 9.47 Å². The van der Waals surface area contributed by atoms with Gasteiger partial charge in [-0.1, -0.05) is 11.3 Å². The summed E-state index contributed by atoms with van der Waals surface area (Å²) < 4.78 is 0.262. The maximum atomic E-state index is 11.9. The van der Waals surface area contributed by atoms with Gasteiger partial charge in [-0.05, 0) is 24.4 Å². The molecule has 1 aliphatic rings. The Bertz CT molecular complexity index is 367. The van der Waals surface area contributed by atoms with Crippen molar-refractivity contribution in [1.82, 2.24) is 15.1 Å². The molecule has 1 amide bonds. The lowest BCUT2D eigenvalue weighted by Gasteiger charge is -2.19. The van der Waals surface area contributed by atoms with Gasteiger partial charge in [-0.25, -0.2) is 0 Å². The number of nitrogens with zero attached hydrogens (tertiary/aromatic N) is 3. The average molecular weight is 248 g/mol. The minimum atomic E-state index is -0.184. The van der Waals surface area contributed by atoms with E-state index in [1.165, 1.54) is 0 Å². The van der Waals surface area contributed by atoms with Gasteiger partial charge in [-0.3, -0.25) is 4.79 Å². The third kappa shape index (κ3) is 2.45. The van der Waals surface area contributed by atoms with Crippen LogP contribution >= 0.6 is 22.9 Å². The Morgan fingerprint density at radius 3 is 2.80 bits per heavy atom. The van der Waals surface area contributed by atoms with Crippen LogP contribution in [-0.4, -0.2) is 45.3 Å². The second-order valence-corrected chi connectivity index (χ2v) is 4.87. The summed E-state index contributed by atoms with van der Waals surface area (Å²) >= 11 is 6.67. The Morgan fingerprint density at radius 2 is 2.33 bits per heavy atom. The van der Waals surface area contributed by atoms with Crippen LogP contribution in [-0.2, 0) is 0 Å². The first-order valence-corrected chi connectivity index (χ1v) is 5.82. The van der Waals surface area contributed by atoms with Gasteiger partial charge in [0, 0.05) is 12.6 Å². The van der Waals surface area contributed by atoms with Crippen LogP contribution in [0.4, 0.5) is 0 Å². The molecule has 1 aromatic rings. The molecule has 0 radical (unpaired) electrons. The van der Waals surface area contributed by atoms with E-state index in [0.29, 0.717) is 11.6 Å². The van der Waals surface area contributed by atoms with Crippen molar-refractivity contribution in [1.29, 1.82) is 0 Å². The largest absolute Gasteiger partial charge is 0.395 e. The predicted molar refractivity (Wildman–Crippen MR) is 56.1 cm³/mol. The molecule has 0 saturated heterocycles. The third-order valence-electron chi connectivity index (χ3n) is 2.17. The van der Waals surface area contributed by atoms with Gasteiger partial charge in [0.15, 0.2) is 0 Å². The summed E-state index contributed by atoms with van der Waals surface area (Å²) in [7, 11) is 0. The van der Waals surface area contributed by atoms with E-state index in [1.54, 1.807) is 4.90 Å². The molecule has 1 N–H and O–H groups in total. The molecule has 1 fully saturated rings. The Hall–Kier alpha value is -0.720. The number of halogens is 1. The molecule has 1 aromatic heterocycles. The molecular formula is C8H10ClN3O2S. The van der Waals surface area contributed by atoms with Crippen LogP contribution < -0.4 is 0 Å². The van der Waals surface area contributed by atoms with Crippen LogP contribution in [0.3, 0.4) is 0 Å². The number of carbonyl (C=O) groups is 1. The predicted octanol–water partition coefficient (Wildman–Crippen LogP) is 0.788. The van der Waals surface area contributed by atoms with Crippen molar-refractivity contribution in [3.63, 3.8) is 0 Å². The van der Waals surface area contributed by atoms with Gasteiger partial charge in [0.2, 0.25) is 9.47 Å². The number of carbonyl (C=O) groups excluding carboxylic acids is 1. The van der Waals surface area contributed by atoms with Crippen molar-refractivity contribution in [3.8, 4) is 0 Å². The van der Waals surface area contributed by atoms with E-state index in [0.717, 1.165) is 24.2 Å². The Labute approximate surface area is 95.7 Å². The fraction of sp³-hybridized carbons (Fsp3) is 0.625. The number of amides is 1. The minimum Gasteiger partial charge on any atom is -0.395 e. The highest BCUT2D eigenvalue weighted by Gasteiger charge is 2.33. The van der Waals surface area contributed by atoms with Gasteiger partial charge < -0.3 is 10.0 Å². The summed E-state index contributed by atoms with van der Waals surface area (Å²) in [4.78, 5) is 13.5. The van der Waals surface area contributed by atoms with E-state index < -0.39 is 0 Å². The molecule has 0 atom stereocenters. The van der Waals surface area contributed by atoms with Crippen LogP contribution in [0.5, 0.6) is 0 Å². The topological polar surface area (TPSA) is 66.3 Å². The number of hydrogen-bond acceptors (Lipinski definition) is 5. The molecule has 0 aliphatic heterocycles. The summed E-state index contributed by atoms with van der Waals surface area (Å²) in [5, 5.41) is 16.4. The van der Waals surface area contributed by atoms with Gasteiger partial charge in [0.05, 0.1) is 6.61 Å². The quantitative estimate of drug-likeness (QED) is 0.854. The zero-order chi connectivity index (χ0) is 10.8. The molecular weight excluding hydrogens is 238 g/mol. The molecule has 1 saturated carbocycles. The van der Waals surface area contributed by atoms with E-state index in [4.69, 9.17) is 16.7 Å². The number of aliphatic hydroxyl groups is 1. The molecule has 2 rings (SSSR count). The smallest absolute Gasteiger partial charge is 0.285 e. The molecule has 0 bridgehead atoms. The molecule has 1 heterocycles. The van der Waals surface area contributed by atoms with Crippen LogP contribution in [0.1, 0.15) is 22.6 Å². The molecule has 0 aromatic carbocycles. The molecule has 7 heteroatoms. The SMILES string of the molecule is O=C(c1nnc(Cl)s1)N(CCO)C1CC1. The molecule has 15 heavy (non-hydrogen) atoms. The summed E-state index contributed by atoms with van der Waals surface area (Å²) in [6.07, 6.45) is 2.00. The third-order valence-corrected chi connectivity index (χ3v) is 3.18. The van der Waals surface area contributed by atoms with E-state index >= 15 is 0 Å². The summed E-state index contributed by atoms with van der Waals surface area (Å²) in [6.45, 7) is 0.315. The molecule has 0 unspecified atom stereocenters. The van der Waals surface area contributed by atoms with Gasteiger partial charge in [-0.2, -0.15) is 0 Å². The van der Waals surface area contributed by atoms with E-state index in [1.807, 2.05) is 0 Å². The minimum absolute atomic E-state index is 0.0330. The monoisotopic (exact) mass is 247 g/mol. The average Bonchev–Trinajstić information content (AvgIpc) is 2.96. The maximum Gasteiger partial charge on any atom is 0.285 e. The number of rotatable bonds is 4. The van der Waals surface area contributed by atoms with Crippen LogP contribution in [0.25, 0.3) is 0 Å². The lowest BCUT2D eigenvalue weighted by molar-refractivity contribution is 0.0706. The molecule has 82 valence electrons. The Balaban J connectivity index is 2.10. The molecule has 1 aliphatic carbocycles. The van der Waals surface area contributed by atoms with Crippen molar-refractivity contribution < 1.29 is 9.90 Å². The zero-order valence-corrected chi connectivity index (χ0v) is 9.46. The van der Waals surface area contributed by atoms with Crippen molar-refractivity contribution in [2.75, 3.05) is 13.2 Å². The number of aliphatic hydroxyl groups excluding tert-OH is 1. The zero-order valence-electron chi connectivity index (χ0n) is 7.89. The highest BCUT2D eigenvalue weighted by atomic mass is 35.5. The summed E-state index contributed by atoms with van der Waals surface area (Å²) in [5.41, 5.74) is 0. The van der Waals surface area contributed by atoms with Crippen molar-refractivity contribution in [2.45, 2.75) is 18.9 Å². The second kappa shape index (κ2) is 4.42. The first-order valence-electron chi connectivity index (χ1n) is 4.63. The first-order chi connectivity index (χ1) is 7.22. The van der Waals surface area contributed by atoms with Gasteiger partial charge in [0.25, 0.3) is 5.91 Å². The second-order valence-electron chi connectivity index (χ2n) is 3.31. The van der Waals surface area contributed by atoms with Crippen LogP contribution in [0, 0.1) is 0 Å². The Morgan fingerprint density at radius 1 is 1.60 bits per heavy atom. The lowest BCUT2D eigenvalue weighted by Crippen LogP contribution is -2.35. The first kappa shape index (κ1) is 10.8. The Kier molecular flexibility index (Phi) is 3.18. The highest BCUT2D eigenvalue weighted by molar-refractivity contribution is 7.17. The molecule has 5 nitrogen and oxygen atoms in total. The van der Waals surface area contributed by atoms with Gasteiger partial charge >= 0.3 is 0 Å². The maximum absolute atomic E-state index is 11.9. The van der Waals surface area contributed by atoms with Crippen molar-refractivity contribution >= 4 is 28.8 Å². The standard InChI is InChI=1S/C8H10ClN3O2S/c9-8-11-10-6(15-8)7(14)12(3-4-13)5-1-2-5/h5,13H,1-4H2. The fourth-order valence-electron chi connectivity index (χ4n) is 1.36. The van der Waals surface area contributed by atoms with Gasteiger partial charge in [0.1, 0.15) is 0 Å². The van der Waals surface area contributed by atoms with Crippen molar-refractivity contribution in [2.24, 2.45) is 0 Å². The van der Waals surface area contributed by atoms with Gasteiger partial charge in [-0.15, -0.1) is 10.2 Å². The fourth-order valence-corrected chi connectivity index (χ4v) is 2.14. The highest BCUT2D eigenvalue weighted by Crippen LogP contribution is 2.28. The number of aromatic nitrogens is 2. The molecule has 0 spiro atoms. The normalized spacial score (nSPS) is 15.3. The van der Waals surface area contributed by atoms with E-state index in [9.17, 15) is 4.79 Å². The summed E-state index contributed by atoms with van der Waals surface area (Å²) in [5.74, 6) is -0.184. The lowest BCUT2D eigenvalue weighted by atomic mass is 10.4.